The molecule has 2 amide bonds. The van der Waals surface area contributed by atoms with Crippen molar-refractivity contribution in [2.24, 2.45) is 0 Å². The van der Waals surface area contributed by atoms with E-state index in [-0.39, 0.29) is 24.9 Å². The first-order valence-corrected chi connectivity index (χ1v) is 10.4. The Hall–Kier alpha value is -3.10. The molecule has 2 heterocycles. The number of rotatable bonds is 7. The van der Waals surface area contributed by atoms with Crippen molar-refractivity contribution in [2.75, 3.05) is 30.8 Å². The molecule has 1 aromatic carbocycles. The predicted molar refractivity (Wildman–Crippen MR) is 121 cm³/mol. The molecule has 0 spiro atoms. The maximum absolute atomic E-state index is 12.3. The van der Waals surface area contributed by atoms with Gasteiger partial charge < -0.3 is 10.6 Å². The molecule has 0 bridgehead atoms. The van der Waals surface area contributed by atoms with E-state index < -0.39 is 0 Å². The molecule has 0 radical (unpaired) electrons. The summed E-state index contributed by atoms with van der Waals surface area (Å²) in [4.78, 5) is 34.7. The molecule has 3 rings (SSSR count). The number of hydrogen-bond acceptors (Lipinski definition) is 6. The third-order valence-corrected chi connectivity index (χ3v) is 5.32. The smallest absolute Gasteiger partial charge is 0.240 e. The van der Waals surface area contributed by atoms with Crippen LogP contribution in [0.4, 0.5) is 10.9 Å². The average Bonchev–Trinajstić information content (AvgIpc) is 3.11. The Bertz CT molecular complexity index is 1060. The van der Waals surface area contributed by atoms with Gasteiger partial charge in [-0.25, -0.2) is 9.97 Å². The van der Waals surface area contributed by atoms with Crippen LogP contribution in [-0.2, 0) is 9.59 Å². The van der Waals surface area contributed by atoms with Crippen molar-refractivity contribution < 1.29 is 9.59 Å². The minimum absolute atomic E-state index is 0.0766. The van der Waals surface area contributed by atoms with Gasteiger partial charge in [0.05, 0.1) is 18.8 Å². The van der Waals surface area contributed by atoms with Crippen LogP contribution in [0.2, 0.25) is 0 Å². The zero-order chi connectivity index (χ0) is 21.7. The van der Waals surface area contributed by atoms with E-state index in [9.17, 15) is 9.59 Å². The number of amides is 2. The molecule has 2 N–H and O–H groups in total. The Kier molecular flexibility index (Phi) is 6.91. The van der Waals surface area contributed by atoms with Crippen molar-refractivity contribution in [2.45, 2.75) is 20.8 Å². The highest BCUT2D eigenvalue weighted by Gasteiger charge is 2.13. The molecule has 0 aliphatic rings. The highest BCUT2D eigenvalue weighted by molar-refractivity contribution is 7.14. The normalized spacial score (nSPS) is 10.8. The van der Waals surface area contributed by atoms with Gasteiger partial charge in [-0.2, -0.15) is 0 Å². The summed E-state index contributed by atoms with van der Waals surface area (Å²) in [5, 5.41) is 7.99. The first-order chi connectivity index (χ1) is 14.3. The molecule has 30 heavy (non-hydrogen) atoms. The van der Waals surface area contributed by atoms with Crippen molar-refractivity contribution in [1.82, 2.24) is 14.9 Å². The number of anilines is 2. The van der Waals surface area contributed by atoms with Gasteiger partial charge in [0, 0.05) is 17.1 Å². The van der Waals surface area contributed by atoms with Gasteiger partial charge in [0.25, 0.3) is 0 Å². The average molecular weight is 424 g/mol. The zero-order valence-electron chi connectivity index (χ0n) is 17.5. The van der Waals surface area contributed by atoms with E-state index >= 15 is 0 Å². The molecular weight excluding hydrogens is 398 g/mol. The van der Waals surface area contributed by atoms with Gasteiger partial charge in [0.15, 0.2) is 5.13 Å². The zero-order valence-corrected chi connectivity index (χ0v) is 18.3. The minimum Gasteiger partial charge on any atom is -0.310 e. The molecule has 8 heteroatoms. The molecule has 0 aliphatic carbocycles. The fraction of sp³-hybridized carbons (Fsp3) is 0.273. The number of likely N-dealkylation sites (N-methyl/N-ethyl adjacent to an activating group) is 1. The van der Waals surface area contributed by atoms with E-state index in [1.807, 2.05) is 24.4 Å². The highest BCUT2D eigenvalue weighted by atomic mass is 32.1. The van der Waals surface area contributed by atoms with Crippen LogP contribution in [0, 0.1) is 20.8 Å². The van der Waals surface area contributed by atoms with Crippen molar-refractivity contribution in [3.63, 3.8) is 0 Å². The van der Waals surface area contributed by atoms with Crippen LogP contribution in [0.5, 0.6) is 0 Å². The number of pyridine rings is 1. The van der Waals surface area contributed by atoms with E-state index in [2.05, 4.69) is 46.6 Å². The molecular formula is C22H25N5O2S. The number of nitrogens with one attached hydrogen (secondary N) is 2. The van der Waals surface area contributed by atoms with Gasteiger partial charge in [-0.3, -0.25) is 14.5 Å². The van der Waals surface area contributed by atoms with E-state index in [4.69, 9.17) is 0 Å². The fourth-order valence-electron chi connectivity index (χ4n) is 2.86. The second-order valence-corrected chi connectivity index (χ2v) is 8.18. The summed E-state index contributed by atoms with van der Waals surface area (Å²) < 4.78 is 0. The molecule has 7 nitrogen and oxygen atoms in total. The SMILES string of the molecule is Cc1ccnc(NC(=O)CN(C)CC(=O)Nc2nc(-c3ccc(C)c(C)c3)cs2)c1. The summed E-state index contributed by atoms with van der Waals surface area (Å²) in [5.74, 6) is 0.0501. The quantitative estimate of drug-likeness (QED) is 0.606. The van der Waals surface area contributed by atoms with Crippen LogP contribution in [0.15, 0.2) is 41.9 Å². The van der Waals surface area contributed by atoms with Gasteiger partial charge >= 0.3 is 0 Å². The number of aromatic nitrogens is 2. The lowest BCUT2D eigenvalue weighted by atomic mass is 10.1. The Balaban J connectivity index is 1.51. The Labute approximate surface area is 180 Å². The van der Waals surface area contributed by atoms with E-state index in [1.54, 1.807) is 24.2 Å². The lowest BCUT2D eigenvalue weighted by Gasteiger charge is -2.15. The molecule has 0 unspecified atom stereocenters. The largest absolute Gasteiger partial charge is 0.310 e. The van der Waals surface area contributed by atoms with Gasteiger partial charge in [0.2, 0.25) is 11.8 Å². The number of benzene rings is 1. The summed E-state index contributed by atoms with van der Waals surface area (Å²) in [5.41, 5.74) is 5.29. The molecule has 2 aromatic heterocycles. The first-order valence-electron chi connectivity index (χ1n) is 9.54. The summed E-state index contributed by atoms with van der Waals surface area (Å²) in [7, 11) is 1.71. The van der Waals surface area contributed by atoms with Crippen molar-refractivity contribution >= 4 is 34.1 Å². The highest BCUT2D eigenvalue weighted by Crippen LogP contribution is 2.26. The third-order valence-electron chi connectivity index (χ3n) is 4.56. The van der Waals surface area contributed by atoms with E-state index in [0.717, 1.165) is 16.8 Å². The van der Waals surface area contributed by atoms with Crippen LogP contribution in [-0.4, -0.2) is 46.8 Å². The third kappa shape index (κ3) is 5.95. The number of aryl methyl sites for hydroxylation is 3. The molecule has 3 aromatic rings. The molecule has 0 saturated carbocycles. The lowest BCUT2D eigenvalue weighted by molar-refractivity contribution is -0.119. The van der Waals surface area contributed by atoms with Gasteiger partial charge in [-0.05, 0) is 62.7 Å². The molecule has 156 valence electrons. The van der Waals surface area contributed by atoms with Crippen molar-refractivity contribution in [1.29, 1.82) is 0 Å². The van der Waals surface area contributed by atoms with Crippen LogP contribution in [0.25, 0.3) is 11.3 Å². The summed E-state index contributed by atoms with van der Waals surface area (Å²) in [6, 6.07) is 9.83. The lowest BCUT2D eigenvalue weighted by Crippen LogP contribution is -2.36. The van der Waals surface area contributed by atoms with Crippen LogP contribution in [0.1, 0.15) is 16.7 Å². The topological polar surface area (TPSA) is 87.2 Å². The van der Waals surface area contributed by atoms with Crippen molar-refractivity contribution in [3.8, 4) is 11.3 Å². The second-order valence-electron chi connectivity index (χ2n) is 7.32. The molecule has 0 saturated heterocycles. The van der Waals surface area contributed by atoms with Crippen LogP contribution >= 0.6 is 11.3 Å². The first kappa shape index (κ1) is 21.6. The summed E-state index contributed by atoms with van der Waals surface area (Å²) in [6.07, 6.45) is 1.64. The van der Waals surface area contributed by atoms with Crippen LogP contribution in [0.3, 0.4) is 0 Å². The predicted octanol–water partition coefficient (Wildman–Crippen LogP) is 3.64. The summed E-state index contributed by atoms with van der Waals surface area (Å²) in [6.45, 7) is 6.22. The van der Waals surface area contributed by atoms with Crippen LogP contribution < -0.4 is 10.6 Å². The fourth-order valence-corrected chi connectivity index (χ4v) is 3.59. The Morgan fingerprint density at radius 3 is 2.43 bits per heavy atom. The minimum atomic E-state index is -0.227. The molecule has 0 fully saturated rings. The number of nitrogens with zero attached hydrogens (tertiary/aromatic N) is 3. The number of hydrogen-bond donors (Lipinski definition) is 2. The molecule has 0 atom stereocenters. The number of thiazole rings is 1. The number of carbonyl (C=O) groups excluding carboxylic acids is 2. The number of carbonyl (C=O) groups is 2. The van der Waals surface area contributed by atoms with Gasteiger partial charge in [-0.1, -0.05) is 12.1 Å². The monoisotopic (exact) mass is 423 g/mol. The Morgan fingerprint density at radius 1 is 1.00 bits per heavy atom. The standard InChI is InChI=1S/C22H25N5O2S/c1-14-7-8-23-19(9-14)25-20(28)11-27(4)12-21(29)26-22-24-18(13-30-22)17-6-5-15(2)16(3)10-17/h5-10,13H,11-12H2,1-4H3,(H,23,25,28)(H,24,26,29). The summed E-state index contributed by atoms with van der Waals surface area (Å²) >= 11 is 1.38. The van der Waals surface area contributed by atoms with E-state index in [1.165, 1.54) is 22.5 Å². The molecule has 0 aliphatic heterocycles. The van der Waals surface area contributed by atoms with Gasteiger partial charge in [0.1, 0.15) is 5.82 Å². The second kappa shape index (κ2) is 9.60. The maximum atomic E-state index is 12.3. The van der Waals surface area contributed by atoms with E-state index in [0.29, 0.717) is 10.9 Å². The van der Waals surface area contributed by atoms with Crippen molar-refractivity contribution in [3.05, 3.63) is 58.6 Å². The maximum Gasteiger partial charge on any atom is 0.240 e. The Morgan fingerprint density at radius 2 is 1.73 bits per heavy atom. The van der Waals surface area contributed by atoms with Gasteiger partial charge in [-0.15, -0.1) is 11.3 Å².